The van der Waals surface area contributed by atoms with Gasteiger partial charge in [0, 0.05) is 6.07 Å². The normalized spacial score (nSPS) is 12.0. The van der Waals surface area contributed by atoms with Crippen LogP contribution in [-0.4, -0.2) is 34.8 Å². The Kier molecular flexibility index (Phi) is 2.85. The van der Waals surface area contributed by atoms with Crippen LogP contribution in [0.2, 0.25) is 0 Å². The van der Waals surface area contributed by atoms with E-state index in [4.69, 9.17) is 0 Å². The number of anilines is 1. The Bertz CT molecular complexity index is 831. The fourth-order valence-electron chi connectivity index (χ4n) is 1.65. The second-order valence-electron chi connectivity index (χ2n) is 3.97. The number of fused-ring (bicyclic) bond motifs is 1. The lowest BCUT2D eigenvalue weighted by Gasteiger charge is -2.10. The third-order valence-electron chi connectivity index (χ3n) is 2.53. The van der Waals surface area contributed by atoms with Gasteiger partial charge >= 0.3 is 11.9 Å². The average Bonchev–Trinajstić information content (AvgIpc) is 3.03. The molecule has 0 spiro atoms. The molecule has 12 heteroatoms. The quantitative estimate of drug-likeness (QED) is 0.634. The first-order valence-corrected chi connectivity index (χ1v) is 5.59. The van der Waals surface area contributed by atoms with E-state index in [9.17, 15) is 18.0 Å². The van der Waals surface area contributed by atoms with Crippen molar-refractivity contribution in [1.82, 2.24) is 34.8 Å². The number of alkyl halides is 3. The summed E-state index contributed by atoms with van der Waals surface area (Å²) in [7, 11) is 0. The summed E-state index contributed by atoms with van der Waals surface area (Å²) < 4.78 is 39.4. The van der Waals surface area contributed by atoms with Gasteiger partial charge in [0.15, 0.2) is 5.69 Å². The summed E-state index contributed by atoms with van der Waals surface area (Å²) in [4.78, 5) is 20.2. The first-order chi connectivity index (χ1) is 9.93. The van der Waals surface area contributed by atoms with Crippen LogP contribution < -0.4 is 11.0 Å². The van der Waals surface area contributed by atoms with Gasteiger partial charge in [0.1, 0.15) is 18.0 Å². The minimum atomic E-state index is -4.61. The van der Waals surface area contributed by atoms with Crippen LogP contribution in [0.5, 0.6) is 0 Å². The summed E-state index contributed by atoms with van der Waals surface area (Å²) in [5.74, 6) is 0.0650. The number of nitrogens with zero attached hydrogens (tertiary/aromatic N) is 5. The second-order valence-corrected chi connectivity index (χ2v) is 3.97. The standard InChI is InChI=1S/C9H7F3N8O/c10-9(11,12)4-1-6(20-7(16-4)14-3-15-20)13-2-5-17-8(21)19-18-5/h1,3,13H,2H2,(H2,17,18,19,21). The van der Waals surface area contributed by atoms with Crippen molar-refractivity contribution in [2.75, 3.05) is 5.32 Å². The third kappa shape index (κ3) is 2.54. The van der Waals surface area contributed by atoms with Gasteiger partial charge in [-0.25, -0.2) is 14.9 Å². The molecule has 0 bridgehead atoms. The van der Waals surface area contributed by atoms with Crippen molar-refractivity contribution in [2.45, 2.75) is 12.7 Å². The van der Waals surface area contributed by atoms with Crippen LogP contribution in [0, 0.1) is 0 Å². The van der Waals surface area contributed by atoms with Gasteiger partial charge in [-0.2, -0.15) is 32.9 Å². The molecule has 0 aromatic carbocycles. The molecule has 9 nitrogen and oxygen atoms in total. The average molecular weight is 300 g/mol. The molecule has 110 valence electrons. The van der Waals surface area contributed by atoms with E-state index >= 15 is 0 Å². The number of halogens is 3. The molecule has 3 N–H and O–H groups in total. The molecule has 21 heavy (non-hydrogen) atoms. The predicted octanol–water partition coefficient (Wildman–Crippen LogP) is 0.167. The summed E-state index contributed by atoms with van der Waals surface area (Å²) in [5.41, 5.74) is -1.61. The van der Waals surface area contributed by atoms with E-state index in [0.717, 1.165) is 16.9 Å². The lowest BCUT2D eigenvalue weighted by molar-refractivity contribution is -0.141. The van der Waals surface area contributed by atoms with Crippen LogP contribution in [0.1, 0.15) is 11.5 Å². The summed E-state index contributed by atoms with van der Waals surface area (Å²) >= 11 is 0. The molecule has 3 heterocycles. The number of aromatic amines is 2. The Morgan fingerprint density at radius 1 is 1.38 bits per heavy atom. The van der Waals surface area contributed by atoms with Gasteiger partial charge in [-0.3, -0.25) is 4.98 Å². The topological polar surface area (TPSA) is 117 Å². The van der Waals surface area contributed by atoms with E-state index < -0.39 is 17.6 Å². The molecule has 3 aromatic rings. The molecule has 0 radical (unpaired) electrons. The molecule has 0 aliphatic rings. The molecule has 0 aliphatic heterocycles. The van der Waals surface area contributed by atoms with Crippen LogP contribution in [0.15, 0.2) is 17.2 Å². The molecule has 0 aliphatic carbocycles. The zero-order valence-corrected chi connectivity index (χ0v) is 10.1. The van der Waals surface area contributed by atoms with Crippen molar-refractivity contribution in [3.63, 3.8) is 0 Å². The van der Waals surface area contributed by atoms with E-state index in [0.29, 0.717) is 0 Å². The van der Waals surface area contributed by atoms with Crippen molar-refractivity contribution in [2.24, 2.45) is 0 Å². The lowest BCUT2D eigenvalue weighted by atomic mass is 10.3. The molecule has 0 fully saturated rings. The molecule has 0 saturated heterocycles. The molecule has 0 unspecified atom stereocenters. The molecule has 3 aromatic heterocycles. The van der Waals surface area contributed by atoms with Gasteiger partial charge in [-0.05, 0) is 0 Å². The Labute approximate surface area is 113 Å². The summed E-state index contributed by atoms with van der Waals surface area (Å²) in [6.45, 7) is -0.00495. The number of nitrogens with one attached hydrogen (secondary N) is 3. The highest BCUT2D eigenvalue weighted by Gasteiger charge is 2.34. The van der Waals surface area contributed by atoms with Gasteiger partial charge in [0.25, 0.3) is 5.78 Å². The Balaban J connectivity index is 1.96. The van der Waals surface area contributed by atoms with Crippen LogP contribution in [0.25, 0.3) is 5.78 Å². The monoisotopic (exact) mass is 300 g/mol. The lowest BCUT2D eigenvalue weighted by Crippen LogP contribution is -2.14. The van der Waals surface area contributed by atoms with Gasteiger partial charge in [-0.15, -0.1) is 0 Å². The van der Waals surface area contributed by atoms with Crippen LogP contribution in [-0.2, 0) is 12.7 Å². The number of H-pyrrole nitrogens is 2. The zero-order chi connectivity index (χ0) is 15.0. The largest absolute Gasteiger partial charge is 0.433 e. The maximum absolute atomic E-state index is 12.8. The van der Waals surface area contributed by atoms with E-state index in [2.05, 4.69) is 35.6 Å². The third-order valence-corrected chi connectivity index (χ3v) is 2.53. The smallest absolute Gasteiger partial charge is 0.363 e. The van der Waals surface area contributed by atoms with Gasteiger partial charge < -0.3 is 5.32 Å². The van der Waals surface area contributed by atoms with Crippen molar-refractivity contribution in [3.8, 4) is 0 Å². The van der Waals surface area contributed by atoms with Crippen LogP contribution >= 0.6 is 0 Å². The number of hydrogen-bond donors (Lipinski definition) is 3. The first kappa shape index (κ1) is 13.1. The highest BCUT2D eigenvalue weighted by molar-refractivity contribution is 5.45. The van der Waals surface area contributed by atoms with Crippen molar-refractivity contribution >= 4 is 11.6 Å². The summed E-state index contributed by atoms with van der Waals surface area (Å²) in [5, 5.41) is 12.2. The highest BCUT2D eigenvalue weighted by Crippen LogP contribution is 2.29. The van der Waals surface area contributed by atoms with Gasteiger partial charge in [0.05, 0.1) is 6.54 Å². The molecular formula is C9H7F3N8O. The number of rotatable bonds is 3. The summed E-state index contributed by atoms with van der Waals surface area (Å²) in [6, 6.07) is 0.798. The van der Waals surface area contributed by atoms with Crippen LogP contribution in [0.4, 0.5) is 19.0 Å². The van der Waals surface area contributed by atoms with Gasteiger partial charge in [0.2, 0.25) is 0 Å². The molecule has 0 saturated carbocycles. The van der Waals surface area contributed by atoms with Gasteiger partial charge in [-0.1, -0.05) is 0 Å². The zero-order valence-electron chi connectivity index (χ0n) is 10.1. The SMILES string of the molecule is O=c1[nH]nc(CNc2cc(C(F)(F)F)nc3ncnn23)[nH]1. The van der Waals surface area contributed by atoms with E-state index in [1.54, 1.807) is 0 Å². The minimum Gasteiger partial charge on any atom is -0.363 e. The Morgan fingerprint density at radius 2 is 2.19 bits per heavy atom. The second kappa shape index (κ2) is 4.57. The number of aromatic nitrogens is 7. The highest BCUT2D eigenvalue weighted by atomic mass is 19.4. The summed E-state index contributed by atoms with van der Waals surface area (Å²) in [6.07, 6.45) is -3.52. The van der Waals surface area contributed by atoms with E-state index in [1.165, 1.54) is 0 Å². The first-order valence-electron chi connectivity index (χ1n) is 5.59. The number of hydrogen-bond acceptors (Lipinski definition) is 6. The fraction of sp³-hybridized carbons (Fsp3) is 0.222. The molecule has 0 amide bonds. The van der Waals surface area contributed by atoms with Crippen LogP contribution in [0.3, 0.4) is 0 Å². The van der Waals surface area contributed by atoms with E-state index in [1.807, 2.05) is 0 Å². The Hall–Kier alpha value is -2.92. The molecular weight excluding hydrogens is 293 g/mol. The fourth-order valence-corrected chi connectivity index (χ4v) is 1.65. The van der Waals surface area contributed by atoms with E-state index in [-0.39, 0.29) is 24.0 Å². The van der Waals surface area contributed by atoms with Crippen molar-refractivity contribution < 1.29 is 13.2 Å². The maximum Gasteiger partial charge on any atom is 0.433 e. The molecule has 0 atom stereocenters. The maximum atomic E-state index is 12.8. The minimum absolute atomic E-state index is 0.00495. The van der Waals surface area contributed by atoms with Crippen molar-refractivity contribution in [1.29, 1.82) is 0 Å². The predicted molar refractivity (Wildman–Crippen MR) is 62.3 cm³/mol. The van der Waals surface area contributed by atoms with Crippen molar-refractivity contribution in [3.05, 3.63) is 34.4 Å². The Morgan fingerprint density at radius 3 is 2.86 bits per heavy atom. The molecule has 3 rings (SSSR count).